The molecular formula is C12H18FNOS. The fourth-order valence-electron chi connectivity index (χ4n) is 1.33. The van der Waals surface area contributed by atoms with Crippen molar-refractivity contribution in [2.75, 3.05) is 12.3 Å². The second kappa shape index (κ2) is 6.76. The first-order valence-corrected chi connectivity index (χ1v) is 6.79. The smallest absolute Gasteiger partial charge is 0.139 e. The Balaban J connectivity index is 2.39. The fraction of sp³-hybridized carbons (Fsp3) is 0.500. The monoisotopic (exact) mass is 243 g/mol. The predicted octanol–water partition coefficient (Wildman–Crippen LogP) is 2.32. The summed E-state index contributed by atoms with van der Waals surface area (Å²) < 4.78 is 25.0. The lowest BCUT2D eigenvalue weighted by Gasteiger charge is -2.07. The van der Waals surface area contributed by atoms with Crippen molar-refractivity contribution in [2.24, 2.45) is 0 Å². The van der Waals surface area contributed by atoms with E-state index in [1.54, 1.807) is 18.2 Å². The molecule has 0 aromatic heterocycles. The molecule has 0 bridgehead atoms. The van der Waals surface area contributed by atoms with Crippen LogP contribution in [0.2, 0.25) is 0 Å². The number of rotatable bonds is 6. The van der Waals surface area contributed by atoms with Crippen LogP contribution in [-0.4, -0.2) is 22.5 Å². The molecule has 16 heavy (non-hydrogen) atoms. The van der Waals surface area contributed by atoms with Crippen LogP contribution < -0.4 is 5.32 Å². The third-order valence-corrected chi connectivity index (χ3v) is 3.62. The summed E-state index contributed by atoms with van der Waals surface area (Å²) in [5.74, 6) is 0.123. The van der Waals surface area contributed by atoms with Crippen molar-refractivity contribution in [3.05, 3.63) is 30.1 Å². The van der Waals surface area contributed by atoms with Crippen molar-refractivity contribution in [3.63, 3.8) is 0 Å². The van der Waals surface area contributed by atoms with Gasteiger partial charge in [0.05, 0.1) is 15.7 Å². The molecule has 0 aliphatic heterocycles. The highest BCUT2D eigenvalue weighted by Crippen LogP contribution is 2.12. The Morgan fingerprint density at radius 1 is 1.38 bits per heavy atom. The second-order valence-corrected chi connectivity index (χ2v) is 5.48. The van der Waals surface area contributed by atoms with Crippen molar-refractivity contribution in [3.8, 4) is 0 Å². The minimum Gasteiger partial charge on any atom is -0.315 e. The molecule has 4 heteroatoms. The number of hydrogen-bond donors (Lipinski definition) is 1. The molecule has 0 saturated heterocycles. The van der Waals surface area contributed by atoms with E-state index in [9.17, 15) is 8.60 Å². The van der Waals surface area contributed by atoms with Crippen molar-refractivity contribution in [1.29, 1.82) is 0 Å². The molecule has 0 aliphatic rings. The predicted molar refractivity (Wildman–Crippen MR) is 65.4 cm³/mol. The summed E-state index contributed by atoms with van der Waals surface area (Å²) in [5.41, 5.74) is 0. The zero-order valence-corrected chi connectivity index (χ0v) is 10.5. The minimum atomic E-state index is -1.22. The summed E-state index contributed by atoms with van der Waals surface area (Å²) in [7, 11) is -1.22. The molecule has 1 atom stereocenters. The molecule has 1 unspecified atom stereocenters. The molecule has 0 radical (unpaired) electrons. The Bertz CT molecular complexity index is 355. The third kappa shape index (κ3) is 4.41. The standard InChI is InChI=1S/C12H18FNOS/c1-10(2)14-8-5-9-16(15)12-7-4-3-6-11(12)13/h3-4,6-7,10,14H,5,8-9H2,1-2H3. The van der Waals surface area contributed by atoms with E-state index in [1.807, 2.05) is 0 Å². The van der Waals surface area contributed by atoms with Crippen LogP contribution in [0.5, 0.6) is 0 Å². The molecule has 0 heterocycles. The summed E-state index contributed by atoms with van der Waals surface area (Å²) >= 11 is 0. The van der Waals surface area contributed by atoms with Crippen LogP contribution in [-0.2, 0) is 10.8 Å². The summed E-state index contributed by atoms with van der Waals surface area (Å²) in [6, 6.07) is 6.68. The van der Waals surface area contributed by atoms with Gasteiger partial charge in [-0.3, -0.25) is 4.21 Å². The lowest BCUT2D eigenvalue weighted by atomic mass is 10.3. The average molecular weight is 243 g/mol. The van der Waals surface area contributed by atoms with E-state index in [0.29, 0.717) is 16.7 Å². The van der Waals surface area contributed by atoms with E-state index in [4.69, 9.17) is 0 Å². The molecule has 1 aromatic rings. The van der Waals surface area contributed by atoms with Gasteiger partial charge in [-0.05, 0) is 25.1 Å². The van der Waals surface area contributed by atoms with E-state index >= 15 is 0 Å². The Hall–Kier alpha value is -0.740. The molecular weight excluding hydrogens is 225 g/mol. The average Bonchev–Trinajstić information content (AvgIpc) is 2.24. The van der Waals surface area contributed by atoms with Gasteiger partial charge in [-0.15, -0.1) is 0 Å². The van der Waals surface area contributed by atoms with Gasteiger partial charge in [0.15, 0.2) is 0 Å². The zero-order valence-electron chi connectivity index (χ0n) is 9.70. The first-order valence-electron chi connectivity index (χ1n) is 5.47. The van der Waals surface area contributed by atoms with Gasteiger partial charge in [-0.25, -0.2) is 4.39 Å². The maximum atomic E-state index is 13.3. The van der Waals surface area contributed by atoms with Crippen LogP contribution in [0.1, 0.15) is 20.3 Å². The van der Waals surface area contributed by atoms with Crippen LogP contribution in [0.4, 0.5) is 4.39 Å². The SMILES string of the molecule is CC(C)NCCCS(=O)c1ccccc1F. The van der Waals surface area contributed by atoms with Gasteiger partial charge in [0.1, 0.15) is 5.82 Å². The first-order chi connectivity index (χ1) is 7.61. The van der Waals surface area contributed by atoms with Gasteiger partial charge in [0.25, 0.3) is 0 Å². The number of halogens is 1. The van der Waals surface area contributed by atoms with Crippen LogP contribution in [0.25, 0.3) is 0 Å². The van der Waals surface area contributed by atoms with Crippen molar-refractivity contribution < 1.29 is 8.60 Å². The lowest BCUT2D eigenvalue weighted by Crippen LogP contribution is -2.24. The Morgan fingerprint density at radius 2 is 2.06 bits per heavy atom. The third-order valence-electron chi connectivity index (χ3n) is 2.14. The molecule has 1 aromatic carbocycles. The molecule has 0 saturated carbocycles. The number of hydrogen-bond acceptors (Lipinski definition) is 2. The Morgan fingerprint density at radius 3 is 2.69 bits per heavy atom. The molecule has 0 fully saturated rings. The van der Waals surface area contributed by atoms with Crippen LogP contribution in [0.3, 0.4) is 0 Å². The highest BCUT2D eigenvalue weighted by molar-refractivity contribution is 7.85. The van der Waals surface area contributed by atoms with Gasteiger partial charge in [-0.1, -0.05) is 26.0 Å². The van der Waals surface area contributed by atoms with Crippen LogP contribution >= 0.6 is 0 Å². The van der Waals surface area contributed by atoms with E-state index in [2.05, 4.69) is 19.2 Å². The van der Waals surface area contributed by atoms with Crippen molar-refractivity contribution in [1.82, 2.24) is 5.32 Å². The van der Waals surface area contributed by atoms with E-state index in [0.717, 1.165) is 13.0 Å². The maximum absolute atomic E-state index is 13.3. The Labute approximate surface area is 98.7 Å². The van der Waals surface area contributed by atoms with Gasteiger partial charge >= 0.3 is 0 Å². The number of nitrogens with one attached hydrogen (secondary N) is 1. The van der Waals surface area contributed by atoms with Gasteiger partial charge in [-0.2, -0.15) is 0 Å². The van der Waals surface area contributed by atoms with E-state index in [-0.39, 0.29) is 5.82 Å². The molecule has 2 nitrogen and oxygen atoms in total. The van der Waals surface area contributed by atoms with E-state index < -0.39 is 10.8 Å². The highest BCUT2D eigenvalue weighted by Gasteiger charge is 2.08. The zero-order chi connectivity index (χ0) is 12.0. The van der Waals surface area contributed by atoms with Crippen LogP contribution in [0, 0.1) is 5.82 Å². The summed E-state index contributed by atoms with van der Waals surface area (Å²) in [4.78, 5) is 0.312. The quantitative estimate of drug-likeness (QED) is 0.777. The summed E-state index contributed by atoms with van der Waals surface area (Å²) in [5, 5.41) is 3.24. The molecule has 0 spiro atoms. The summed E-state index contributed by atoms with van der Waals surface area (Å²) in [6.07, 6.45) is 0.791. The second-order valence-electron chi connectivity index (χ2n) is 3.94. The molecule has 90 valence electrons. The largest absolute Gasteiger partial charge is 0.315 e. The van der Waals surface area contributed by atoms with E-state index in [1.165, 1.54) is 6.07 Å². The van der Waals surface area contributed by atoms with Gasteiger partial charge in [0.2, 0.25) is 0 Å². The lowest BCUT2D eigenvalue weighted by molar-refractivity contribution is 0.579. The first kappa shape index (κ1) is 13.3. The van der Waals surface area contributed by atoms with Crippen molar-refractivity contribution in [2.45, 2.75) is 31.2 Å². The van der Waals surface area contributed by atoms with Gasteiger partial charge in [0, 0.05) is 11.8 Å². The fourth-order valence-corrected chi connectivity index (χ4v) is 2.48. The topological polar surface area (TPSA) is 29.1 Å². The maximum Gasteiger partial charge on any atom is 0.139 e. The molecule has 0 amide bonds. The highest BCUT2D eigenvalue weighted by atomic mass is 32.2. The Kier molecular flexibility index (Phi) is 5.63. The van der Waals surface area contributed by atoms with Gasteiger partial charge < -0.3 is 5.32 Å². The molecule has 0 aliphatic carbocycles. The minimum absolute atomic E-state index is 0.312. The van der Waals surface area contributed by atoms with Crippen molar-refractivity contribution >= 4 is 10.8 Å². The van der Waals surface area contributed by atoms with Crippen LogP contribution in [0.15, 0.2) is 29.2 Å². The molecule has 1 N–H and O–H groups in total. The number of benzene rings is 1. The normalized spacial score (nSPS) is 13.0. The summed E-state index contributed by atoms with van der Waals surface area (Å²) in [6.45, 7) is 4.94. The molecule has 1 rings (SSSR count).